The highest BCUT2D eigenvalue weighted by atomic mass is 35.5. The summed E-state index contributed by atoms with van der Waals surface area (Å²) in [6.45, 7) is 0.343. The predicted octanol–water partition coefficient (Wildman–Crippen LogP) is 2.19. The second-order valence-electron chi connectivity index (χ2n) is 4.21. The second kappa shape index (κ2) is 5.05. The summed E-state index contributed by atoms with van der Waals surface area (Å²) < 4.78 is 17.8. The molecule has 1 aliphatic rings. The molecule has 7 heteroatoms. The molecule has 0 saturated carbocycles. The molecule has 0 saturated heterocycles. The first-order chi connectivity index (χ1) is 9.69. The third-order valence-electron chi connectivity index (χ3n) is 3.02. The van der Waals surface area contributed by atoms with Crippen molar-refractivity contribution in [2.24, 2.45) is 7.05 Å². The summed E-state index contributed by atoms with van der Waals surface area (Å²) in [5.74, 6) is 2.18. The van der Waals surface area contributed by atoms with Crippen LogP contribution in [0.25, 0.3) is 0 Å². The number of ether oxygens (including phenoxy) is 3. The van der Waals surface area contributed by atoms with Crippen LogP contribution in [0.2, 0.25) is 5.15 Å². The van der Waals surface area contributed by atoms with Crippen LogP contribution in [-0.4, -0.2) is 22.6 Å². The summed E-state index contributed by atoms with van der Waals surface area (Å²) >= 11 is 5.90. The highest BCUT2D eigenvalue weighted by molar-refractivity contribution is 6.29. The van der Waals surface area contributed by atoms with E-state index in [0.29, 0.717) is 40.1 Å². The lowest BCUT2D eigenvalue weighted by Crippen LogP contribution is -2.05. The Morgan fingerprint density at radius 2 is 2.20 bits per heavy atom. The van der Waals surface area contributed by atoms with Crippen molar-refractivity contribution in [3.63, 3.8) is 0 Å². The SMILES string of the molecule is Cn1c(Cl)cnc1COc1cc2c(cc1C=O)OCO2. The molecule has 2 heterocycles. The van der Waals surface area contributed by atoms with Gasteiger partial charge in [0.25, 0.3) is 0 Å². The maximum Gasteiger partial charge on any atom is 0.231 e. The molecule has 0 spiro atoms. The third kappa shape index (κ3) is 2.18. The van der Waals surface area contributed by atoms with Crippen molar-refractivity contribution < 1.29 is 19.0 Å². The molecule has 0 fully saturated rings. The zero-order valence-corrected chi connectivity index (χ0v) is 11.4. The van der Waals surface area contributed by atoms with Gasteiger partial charge in [-0.3, -0.25) is 4.79 Å². The summed E-state index contributed by atoms with van der Waals surface area (Å²) in [4.78, 5) is 15.2. The molecule has 2 aromatic rings. The van der Waals surface area contributed by atoms with Crippen molar-refractivity contribution in [3.8, 4) is 17.2 Å². The first-order valence-electron chi connectivity index (χ1n) is 5.86. The molecule has 104 valence electrons. The number of nitrogens with zero attached hydrogens (tertiary/aromatic N) is 2. The number of halogens is 1. The molecule has 0 atom stereocenters. The number of fused-ring (bicyclic) bond motifs is 1. The van der Waals surface area contributed by atoms with Crippen LogP contribution in [0, 0.1) is 0 Å². The first-order valence-corrected chi connectivity index (χ1v) is 6.24. The Labute approximate surface area is 119 Å². The number of hydrogen-bond donors (Lipinski definition) is 0. The minimum Gasteiger partial charge on any atom is -0.485 e. The van der Waals surface area contributed by atoms with Crippen LogP contribution in [0.4, 0.5) is 0 Å². The van der Waals surface area contributed by atoms with Gasteiger partial charge >= 0.3 is 0 Å². The summed E-state index contributed by atoms with van der Waals surface area (Å²) in [5, 5.41) is 0.518. The molecular formula is C13H11ClN2O4. The Balaban J connectivity index is 1.83. The van der Waals surface area contributed by atoms with Gasteiger partial charge in [0, 0.05) is 13.1 Å². The molecule has 0 radical (unpaired) electrons. The minimum atomic E-state index is 0.145. The van der Waals surface area contributed by atoms with E-state index in [2.05, 4.69) is 4.98 Å². The van der Waals surface area contributed by atoms with Crippen LogP contribution in [0.15, 0.2) is 18.3 Å². The van der Waals surface area contributed by atoms with Crippen LogP contribution in [0.5, 0.6) is 17.2 Å². The minimum absolute atomic E-state index is 0.145. The van der Waals surface area contributed by atoms with Crippen molar-refractivity contribution in [1.82, 2.24) is 9.55 Å². The number of carbonyl (C=O) groups excluding carboxylic acids is 1. The number of aldehydes is 1. The Kier molecular flexibility index (Phi) is 3.23. The van der Waals surface area contributed by atoms with E-state index >= 15 is 0 Å². The molecule has 3 rings (SSSR count). The Morgan fingerprint density at radius 1 is 1.45 bits per heavy atom. The normalized spacial score (nSPS) is 12.5. The molecule has 1 aromatic heterocycles. The van der Waals surface area contributed by atoms with E-state index in [-0.39, 0.29) is 13.4 Å². The quantitative estimate of drug-likeness (QED) is 0.809. The number of hydrogen-bond acceptors (Lipinski definition) is 5. The molecule has 0 bridgehead atoms. The van der Waals surface area contributed by atoms with Gasteiger partial charge < -0.3 is 18.8 Å². The molecule has 0 aliphatic carbocycles. The van der Waals surface area contributed by atoms with Crippen molar-refractivity contribution in [2.45, 2.75) is 6.61 Å². The molecule has 20 heavy (non-hydrogen) atoms. The van der Waals surface area contributed by atoms with Crippen LogP contribution < -0.4 is 14.2 Å². The fraction of sp³-hybridized carbons (Fsp3) is 0.231. The standard InChI is InChI=1S/C13H11ClN2O4/c1-16-12(14)4-15-13(16)6-18-9-3-11-10(19-7-20-11)2-8(9)5-17/h2-5H,6-7H2,1H3. The highest BCUT2D eigenvalue weighted by Gasteiger charge is 2.18. The number of rotatable bonds is 4. The van der Waals surface area contributed by atoms with Crippen molar-refractivity contribution in [3.05, 3.63) is 34.9 Å². The number of benzene rings is 1. The Hall–Kier alpha value is -2.21. The molecule has 6 nitrogen and oxygen atoms in total. The smallest absolute Gasteiger partial charge is 0.231 e. The van der Waals surface area contributed by atoms with Gasteiger partial charge in [-0.1, -0.05) is 11.6 Å². The topological polar surface area (TPSA) is 62.6 Å². The third-order valence-corrected chi connectivity index (χ3v) is 3.37. The van der Waals surface area contributed by atoms with E-state index < -0.39 is 0 Å². The van der Waals surface area contributed by atoms with Gasteiger partial charge in [0.1, 0.15) is 23.3 Å². The van der Waals surface area contributed by atoms with Crippen LogP contribution in [-0.2, 0) is 13.7 Å². The lowest BCUT2D eigenvalue weighted by Gasteiger charge is -2.09. The van der Waals surface area contributed by atoms with Crippen molar-refractivity contribution in [2.75, 3.05) is 6.79 Å². The van der Waals surface area contributed by atoms with Gasteiger partial charge in [0.05, 0.1) is 11.8 Å². The monoisotopic (exact) mass is 294 g/mol. The molecular weight excluding hydrogens is 284 g/mol. The zero-order chi connectivity index (χ0) is 14.1. The zero-order valence-electron chi connectivity index (χ0n) is 10.6. The molecule has 1 aliphatic heterocycles. The van der Waals surface area contributed by atoms with E-state index in [1.807, 2.05) is 0 Å². The maximum atomic E-state index is 11.1. The maximum absolute atomic E-state index is 11.1. The average molecular weight is 295 g/mol. The van der Waals surface area contributed by atoms with E-state index in [1.54, 1.807) is 29.9 Å². The summed E-state index contributed by atoms with van der Waals surface area (Å²) in [7, 11) is 1.79. The fourth-order valence-electron chi connectivity index (χ4n) is 1.86. The Morgan fingerprint density at radius 3 is 2.85 bits per heavy atom. The lowest BCUT2D eigenvalue weighted by atomic mass is 10.2. The van der Waals surface area contributed by atoms with Gasteiger partial charge in [-0.15, -0.1) is 0 Å². The highest BCUT2D eigenvalue weighted by Crippen LogP contribution is 2.37. The average Bonchev–Trinajstić information content (AvgIpc) is 3.03. The Bertz CT molecular complexity index is 669. The molecule has 0 N–H and O–H groups in total. The fourth-order valence-corrected chi connectivity index (χ4v) is 2.00. The van der Waals surface area contributed by atoms with Gasteiger partial charge in [0.15, 0.2) is 17.8 Å². The van der Waals surface area contributed by atoms with Crippen molar-refractivity contribution in [1.29, 1.82) is 0 Å². The van der Waals surface area contributed by atoms with E-state index in [4.69, 9.17) is 25.8 Å². The predicted molar refractivity (Wildman–Crippen MR) is 70.5 cm³/mol. The van der Waals surface area contributed by atoms with Crippen LogP contribution >= 0.6 is 11.6 Å². The van der Waals surface area contributed by atoms with Crippen LogP contribution in [0.1, 0.15) is 16.2 Å². The molecule has 0 amide bonds. The summed E-state index contributed by atoms with van der Waals surface area (Å²) in [6, 6.07) is 3.23. The number of aromatic nitrogens is 2. The summed E-state index contributed by atoms with van der Waals surface area (Å²) in [5.41, 5.74) is 0.398. The van der Waals surface area contributed by atoms with Gasteiger partial charge in [-0.25, -0.2) is 4.98 Å². The van der Waals surface area contributed by atoms with E-state index in [1.165, 1.54) is 0 Å². The number of imidazole rings is 1. The van der Waals surface area contributed by atoms with E-state index in [9.17, 15) is 4.79 Å². The largest absolute Gasteiger partial charge is 0.485 e. The number of carbonyl (C=O) groups is 1. The molecule has 1 aromatic carbocycles. The van der Waals surface area contributed by atoms with Crippen molar-refractivity contribution >= 4 is 17.9 Å². The second-order valence-corrected chi connectivity index (χ2v) is 4.59. The van der Waals surface area contributed by atoms with Gasteiger partial charge in [-0.05, 0) is 6.07 Å². The summed E-state index contributed by atoms with van der Waals surface area (Å²) in [6.07, 6.45) is 2.25. The van der Waals surface area contributed by atoms with E-state index in [0.717, 1.165) is 0 Å². The van der Waals surface area contributed by atoms with Gasteiger partial charge in [0.2, 0.25) is 6.79 Å². The first kappa shape index (κ1) is 12.8. The van der Waals surface area contributed by atoms with Gasteiger partial charge in [-0.2, -0.15) is 0 Å². The van der Waals surface area contributed by atoms with Crippen LogP contribution in [0.3, 0.4) is 0 Å². The lowest BCUT2D eigenvalue weighted by molar-refractivity contribution is 0.111. The molecule has 0 unspecified atom stereocenters.